The molecule has 1 aromatic carbocycles. The predicted octanol–water partition coefficient (Wildman–Crippen LogP) is 3.06. The maximum Gasteiger partial charge on any atom is 0.131 e. The van der Waals surface area contributed by atoms with Crippen LogP contribution in [0.3, 0.4) is 0 Å². The molecule has 0 amide bonds. The average molecular weight is 209 g/mol. The molecule has 0 radical (unpaired) electrons. The largest absolute Gasteiger partial charge is 0.362 e. The van der Waals surface area contributed by atoms with E-state index in [-0.39, 0.29) is 0 Å². The van der Waals surface area contributed by atoms with Crippen molar-refractivity contribution in [1.82, 2.24) is 15.0 Å². The molecule has 3 aromatic rings. The third-order valence-corrected chi connectivity index (χ3v) is 2.45. The van der Waals surface area contributed by atoms with Crippen LogP contribution in [0, 0.1) is 0 Å². The molecule has 2 N–H and O–H groups in total. The van der Waals surface area contributed by atoms with Gasteiger partial charge in [0.2, 0.25) is 0 Å². The lowest BCUT2D eigenvalue weighted by atomic mass is 10.3. The Hall–Kier alpha value is -2.29. The Balaban J connectivity index is 1.95. The molecule has 16 heavy (non-hydrogen) atoms. The van der Waals surface area contributed by atoms with Crippen LogP contribution in [-0.4, -0.2) is 15.0 Å². The van der Waals surface area contributed by atoms with Gasteiger partial charge in [-0.05, 0) is 36.4 Å². The Morgan fingerprint density at radius 2 is 1.94 bits per heavy atom. The first-order valence-corrected chi connectivity index (χ1v) is 5.18. The summed E-state index contributed by atoms with van der Waals surface area (Å²) in [6, 6.07) is 12.0. The highest BCUT2D eigenvalue weighted by Crippen LogP contribution is 2.12. The van der Waals surface area contributed by atoms with E-state index in [9.17, 15) is 0 Å². The minimum Gasteiger partial charge on any atom is -0.362 e. The van der Waals surface area contributed by atoms with Gasteiger partial charge in [0.25, 0.3) is 0 Å². The molecule has 0 aliphatic rings. The zero-order valence-corrected chi connectivity index (χ0v) is 8.64. The van der Waals surface area contributed by atoms with Crippen LogP contribution in [0.5, 0.6) is 0 Å². The van der Waals surface area contributed by atoms with Gasteiger partial charge < -0.3 is 9.97 Å². The van der Waals surface area contributed by atoms with E-state index in [1.165, 1.54) is 0 Å². The second-order valence-corrected chi connectivity index (χ2v) is 3.60. The number of aromatic amines is 2. The molecule has 0 fully saturated rings. The normalized spacial score (nSPS) is 11.5. The van der Waals surface area contributed by atoms with Gasteiger partial charge in [0, 0.05) is 11.9 Å². The summed E-state index contributed by atoms with van der Waals surface area (Å²) in [5.74, 6) is 0.871. The highest BCUT2D eigenvalue weighted by Gasteiger charge is 1.97. The van der Waals surface area contributed by atoms with Crippen molar-refractivity contribution in [2.45, 2.75) is 0 Å². The third-order valence-electron chi connectivity index (χ3n) is 2.45. The molecular formula is C13H11N3. The summed E-state index contributed by atoms with van der Waals surface area (Å²) in [6.07, 6.45) is 5.86. The summed E-state index contributed by atoms with van der Waals surface area (Å²) in [4.78, 5) is 10.8. The standard InChI is InChI=1S/C13H11N3/c1-2-6-12-11(5-1)15-13(16-12)8-7-10-4-3-9-14-10/h1-9,14H,(H,15,16)/b8-7+. The summed E-state index contributed by atoms with van der Waals surface area (Å²) in [6.45, 7) is 0. The topological polar surface area (TPSA) is 44.5 Å². The number of benzene rings is 1. The summed E-state index contributed by atoms with van der Waals surface area (Å²) in [7, 11) is 0. The first-order valence-electron chi connectivity index (χ1n) is 5.18. The predicted molar refractivity (Wildman–Crippen MR) is 65.8 cm³/mol. The molecular weight excluding hydrogens is 198 g/mol. The number of rotatable bonds is 2. The summed E-state index contributed by atoms with van der Waals surface area (Å²) in [5, 5.41) is 0. The molecule has 0 spiro atoms. The Morgan fingerprint density at radius 3 is 2.75 bits per heavy atom. The number of hydrogen-bond acceptors (Lipinski definition) is 1. The lowest BCUT2D eigenvalue weighted by Crippen LogP contribution is -1.73. The van der Waals surface area contributed by atoms with Crippen molar-refractivity contribution in [3.05, 3.63) is 54.1 Å². The molecule has 0 aliphatic heterocycles. The fourth-order valence-electron chi connectivity index (χ4n) is 1.67. The summed E-state index contributed by atoms with van der Waals surface area (Å²) in [5.41, 5.74) is 3.13. The minimum atomic E-state index is 0.871. The van der Waals surface area contributed by atoms with Crippen LogP contribution in [0.15, 0.2) is 42.6 Å². The van der Waals surface area contributed by atoms with Crippen LogP contribution in [0.25, 0.3) is 23.2 Å². The van der Waals surface area contributed by atoms with E-state index in [4.69, 9.17) is 0 Å². The molecule has 2 heterocycles. The van der Waals surface area contributed by atoms with Crippen molar-refractivity contribution in [3.8, 4) is 0 Å². The van der Waals surface area contributed by atoms with Gasteiger partial charge in [-0.1, -0.05) is 12.1 Å². The second kappa shape index (κ2) is 3.70. The van der Waals surface area contributed by atoms with Crippen molar-refractivity contribution in [2.75, 3.05) is 0 Å². The molecule has 3 heteroatoms. The number of aromatic nitrogens is 3. The number of nitrogens with one attached hydrogen (secondary N) is 2. The molecule has 0 bridgehead atoms. The van der Waals surface area contributed by atoms with Gasteiger partial charge in [-0.2, -0.15) is 0 Å². The van der Waals surface area contributed by atoms with Gasteiger partial charge in [0.1, 0.15) is 5.82 Å². The lowest BCUT2D eigenvalue weighted by molar-refractivity contribution is 1.29. The van der Waals surface area contributed by atoms with E-state index in [1.807, 2.05) is 54.7 Å². The lowest BCUT2D eigenvalue weighted by Gasteiger charge is -1.84. The van der Waals surface area contributed by atoms with Crippen molar-refractivity contribution < 1.29 is 0 Å². The first kappa shape index (κ1) is 8.97. The smallest absolute Gasteiger partial charge is 0.131 e. The molecule has 78 valence electrons. The number of imidazole rings is 1. The number of hydrogen-bond donors (Lipinski definition) is 2. The van der Waals surface area contributed by atoms with E-state index >= 15 is 0 Å². The van der Waals surface area contributed by atoms with Crippen molar-refractivity contribution in [1.29, 1.82) is 0 Å². The maximum absolute atomic E-state index is 4.46. The average Bonchev–Trinajstić information content (AvgIpc) is 2.95. The molecule has 0 atom stereocenters. The van der Waals surface area contributed by atoms with Crippen LogP contribution < -0.4 is 0 Å². The van der Waals surface area contributed by atoms with E-state index in [0.29, 0.717) is 0 Å². The molecule has 2 aromatic heterocycles. The molecule has 0 saturated carbocycles. The Bertz CT molecular complexity index is 584. The second-order valence-electron chi connectivity index (χ2n) is 3.60. The molecule has 3 rings (SSSR count). The SMILES string of the molecule is C(=C\c1nc2ccccc2[nH]1)/c1ccc[nH]1. The molecule has 0 unspecified atom stereocenters. The minimum absolute atomic E-state index is 0.871. The highest BCUT2D eigenvalue weighted by atomic mass is 14.9. The van der Waals surface area contributed by atoms with Gasteiger partial charge in [-0.3, -0.25) is 0 Å². The van der Waals surface area contributed by atoms with Gasteiger partial charge in [0.05, 0.1) is 11.0 Å². The monoisotopic (exact) mass is 209 g/mol. The van der Waals surface area contributed by atoms with E-state index < -0.39 is 0 Å². The first-order chi connectivity index (χ1) is 7.92. The molecule has 0 aliphatic carbocycles. The van der Waals surface area contributed by atoms with Gasteiger partial charge in [0.15, 0.2) is 0 Å². The van der Waals surface area contributed by atoms with Crippen LogP contribution >= 0.6 is 0 Å². The number of H-pyrrole nitrogens is 2. The fourth-order valence-corrected chi connectivity index (χ4v) is 1.67. The van der Waals surface area contributed by atoms with Crippen molar-refractivity contribution in [2.24, 2.45) is 0 Å². The van der Waals surface area contributed by atoms with E-state index in [2.05, 4.69) is 15.0 Å². The Kier molecular flexibility index (Phi) is 2.07. The fraction of sp³-hybridized carbons (Fsp3) is 0. The zero-order valence-electron chi connectivity index (χ0n) is 8.64. The third kappa shape index (κ3) is 1.63. The number of nitrogens with zero attached hydrogens (tertiary/aromatic N) is 1. The van der Waals surface area contributed by atoms with Crippen LogP contribution in [0.2, 0.25) is 0 Å². The Morgan fingerprint density at radius 1 is 1.00 bits per heavy atom. The molecule has 3 nitrogen and oxygen atoms in total. The zero-order chi connectivity index (χ0) is 10.8. The maximum atomic E-state index is 4.46. The van der Waals surface area contributed by atoms with Crippen LogP contribution in [-0.2, 0) is 0 Å². The van der Waals surface area contributed by atoms with Gasteiger partial charge >= 0.3 is 0 Å². The molecule has 0 saturated heterocycles. The van der Waals surface area contributed by atoms with E-state index in [1.54, 1.807) is 0 Å². The number of fused-ring (bicyclic) bond motifs is 1. The van der Waals surface area contributed by atoms with Crippen LogP contribution in [0.4, 0.5) is 0 Å². The van der Waals surface area contributed by atoms with Crippen molar-refractivity contribution >= 4 is 23.2 Å². The summed E-state index contributed by atoms with van der Waals surface area (Å²) >= 11 is 0. The van der Waals surface area contributed by atoms with Crippen molar-refractivity contribution in [3.63, 3.8) is 0 Å². The Labute approximate surface area is 92.8 Å². The number of para-hydroxylation sites is 2. The summed E-state index contributed by atoms with van der Waals surface area (Å²) < 4.78 is 0. The highest BCUT2D eigenvalue weighted by molar-refractivity contribution is 5.78. The van der Waals surface area contributed by atoms with Gasteiger partial charge in [-0.15, -0.1) is 0 Å². The van der Waals surface area contributed by atoms with Crippen LogP contribution in [0.1, 0.15) is 11.5 Å². The van der Waals surface area contributed by atoms with E-state index in [0.717, 1.165) is 22.6 Å². The quantitative estimate of drug-likeness (QED) is 0.669. The van der Waals surface area contributed by atoms with Gasteiger partial charge in [-0.25, -0.2) is 4.98 Å².